The van der Waals surface area contributed by atoms with Crippen molar-refractivity contribution in [3.8, 4) is 0 Å². The van der Waals surface area contributed by atoms with E-state index in [0.29, 0.717) is 38.0 Å². The van der Waals surface area contributed by atoms with Crippen molar-refractivity contribution in [3.05, 3.63) is 11.8 Å². The number of esters is 1. The molecule has 0 saturated carbocycles. The van der Waals surface area contributed by atoms with Gasteiger partial charge in [0.1, 0.15) is 23.9 Å². The van der Waals surface area contributed by atoms with Crippen molar-refractivity contribution in [3.63, 3.8) is 0 Å². The summed E-state index contributed by atoms with van der Waals surface area (Å²) >= 11 is 0. The van der Waals surface area contributed by atoms with Crippen LogP contribution in [0, 0.1) is 23.7 Å². The van der Waals surface area contributed by atoms with Crippen LogP contribution in [0.25, 0.3) is 0 Å². The fraction of sp³-hybridized carbons (Fsp3) is 0.781. The molecule has 1 fully saturated rings. The third-order valence-corrected chi connectivity index (χ3v) is 8.48. The first-order valence-corrected chi connectivity index (χ1v) is 15.7. The molecule has 43 heavy (non-hydrogen) atoms. The van der Waals surface area contributed by atoms with Crippen LogP contribution in [0.3, 0.4) is 0 Å². The Labute approximate surface area is 257 Å². The van der Waals surface area contributed by atoms with Crippen LogP contribution in [0.1, 0.15) is 81.1 Å². The van der Waals surface area contributed by atoms with Crippen LogP contribution in [0.2, 0.25) is 0 Å². The lowest BCUT2D eigenvalue weighted by molar-refractivity contribution is -0.164. The molecule has 4 amide bonds. The van der Waals surface area contributed by atoms with E-state index >= 15 is 0 Å². The Hall–Kier alpha value is -2.95. The van der Waals surface area contributed by atoms with E-state index < -0.39 is 59.9 Å². The number of nitrogens with zero attached hydrogens (tertiary/aromatic N) is 3. The van der Waals surface area contributed by atoms with Gasteiger partial charge in [-0.2, -0.15) is 0 Å². The molecule has 2 heterocycles. The van der Waals surface area contributed by atoms with Crippen molar-refractivity contribution >= 4 is 29.6 Å². The van der Waals surface area contributed by atoms with Gasteiger partial charge in [-0.1, -0.05) is 55.4 Å². The highest BCUT2D eigenvalue weighted by Crippen LogP contribution is 2.31. The molecule has 0 bridgehead atoms. The number of ether oxygens (including phenoxy) is 2. The van der Waals surface area contributed by atoms with Gasteiger partial charge in [0.15, 0.2) is 6.10 Å². The van der Waals surface area contributed by atoms with Gasteiger partial charge in [-0.15, -0.1) is 0 Å². The van der Waals surface area contributed by atoms with Gasteiger partial charge < -0.3 is 19.7 Å². The molecule has 11 nitrogen and oxygen atoms in total. The van der Waals surface area contributed by atoms with Gasteiger partial charge in [-0.05, 0) is 57.5 Å². The number of carbonyl (C=O) groups excluding carboxylic acids is 5. The average molecular weight is 607 g/mol. The lowest BCUT2D eigenvalue weighted by Crippen LogP contribution is -2.58. The molecule has 6 atom stereocenters. The molecule has 244 valence electrons. The minimum atomic E-state index is -1.08. The van der Waals surface area contributed by atoms with E-state index in [4.69, 9.17) is 9.47 Å². The monoisotopic (exact) mass is 606 g/mol. The number of likely N-dealkylation sites (N-methyl/N-ethyl adjacent to an activating group) is 1. The van der Waals surface area contributed by atoms with E-state index in [1.54, 1.807) is 19.0 Å². The van der Waals surface area contributed by atoms with Crippen LogP contribution in [0.5, 0.6) is 0 Å². The zero-order valence-corrected chi connectivity index (χ0v) is 28.0. The standard InChI is InChI=1S/C32H54N4O7/c1-12-21(8)28(43-32(41)23(34(9)10)16-18(2)3)29(38)33-26(19(4)5)31(40)35-15-13-14-22(35)30(39)36-25(37)17-24(42-11)27(36)20(6)7/h17-23,26-28H,12-16H2,1-11H3,(H,33,38)/t21-,22-,23-,26-,27-,28+/m0/s1. The second-order valence-corrected chi connectivity index (χ2v) is 13.3. The number of amides is 4. The van der Waals surface area contributed by atoms with E-state index in [1.165, 1.54) is 23.0 Å². The number of methoxy groups -OCH3 is 1. The quantitative estimate of drug-likeness (QED) is 0.236. The molecule has 0 radical (unpaired) electrons. The van der Waals surface area contributed by atoms with Crippen molar-refractivity contribution in [1.29, 1.82) is 0 Å². The molecule has 0 spiro atoms. The van der Waals surface area contributed by atoms with Gasteiger partial charge in [0, 0.05) is 18.5 Å². The minimum absolute atomic E-state index is 0.0808. The van der Waals surface area contributed by atoms with E-state index in [2.05, 4.69) is 5.32 Å². The van der Waals surface area contributed by atoms with Gasteiger partial charge in [-0.3, -0.25) is 33.8 Å². The van der Waals surface area contributed by atoms with Gasteiger partial charge in [0.25, 0.3) is 17.7 Å². The van der Waals surface area contributed by atoms with Crippen LogP contribution < -0.4 is 5.32 Å². The number of hydrogen-bond acceptors (Lipinski definition) is 8. The highest BCUT2D eigenvalue weighted by molar-refractivity contribution is 6.07. The summed E-state index contributed by atoms with van der Waals surface area (Å²) in [6.07, 6.45) is 2.42. The first-order valence-electron chi connectivity index (χ1n) is 15.7. The van der Waals surface area contributed by atoms with Crippen LogP contribution in [-0.2, 0) is 33.4 Å². The van der Waals surface area contributed by atoms with Gasteiger partial charge >= 0.3 is 5.97 Å². The summed E-state index contributed by atoms with van der Waals surface area (Å²) in [5.41, 5.74) is 0. The van der Waals surface area contributed by atoms with Crippen molar-refractivity contribution in [2.45, 2.75) is 111 Å². The summed E-state index contributed by atoms with van der Waals surface area (Å²) in [5, 5.41) is 2.86. The Kier molecular flexibility index (Phi) is 13.2. The fourth-order valence-corrected chi connectivity index (χ4v) is 5.78. The van der Waals surface area contributed by atoms with Gasteiger partial charge in [0.2, 0.25) is 5.91 Å². The number of rotatable bonds is 14. The second-order valence-electron chi connectivity index (χ2n) is 13.3. The van der Waals surface area contributed by atoms with E-state index in [-0.39, 0.29) is 23.7 Å². The molecule has 0 aromatic rings. The van der Waals surface area contributed by atoms with Crippen molar-refractivity contribution in [2.75, 3.05) is 27.7 Å². The Morgan fingerprint density at radius 3 is 2.19 bits per heavy atom. The molecule has 0 aliphatic carbocycles. The summed E-state index contributed by atoms with van der Waals surface area (Å²) in [6, 6.07) is -2.83. The topological polar surface area (TPSA) is 126 Å². The molecule has 0 unspecified atom stereocenters. The summed E-state index contributed by atoms with van der Waals surface area (Å²) in [6.45, 7) is 15.6. The summed E-state index contributed by atoms with van der Waals surface area (Å²) in [7, 11) is 5.08. The average Bonchev–Trinajstić information content (AvgIpc) is 3.56. The van der Waals surface area contributed by atoms with E-state index in [9.17, 15) is 24.0 Å². The largest absolute Gasteiger partial charge is 0.499 e. The number of imide groups is 1. The maximum absolute atomic E-state index is 14.0. The first kappa shape index (κ1) is 36.2. The SMILES string of the molecule is CC[C@H](C)[C@@H](OC(=O)[C@H](CC(C)C)N(C)C)C(=O)N[C@H](C(=O)N1CCC[C@H]1C(=O)N1C(=O)C=C(OC)[C@@H]1C(C)C)C(C)C. The number of hydrogen-bond donors (Lipinski definition) is 1. The Morgan fingerprint density at radius 1 is 1.07 bits per heavy atom. The Balaban J connectivity index is 2.28. The summed E-state index contributed by atoms with van der Waals surface area (Å²) < 4.78 is 11.2. The highest BCUT2D eigenvalue weighted by Gasteiger charge is 2.47. The lowest BCUT2D eigenvalue weighted by Gasteiger charge is -2.35. The van der Waals surface area contributed by atoms with Crippen molar-refractivity contribution in [2.24, 2.45) is 23.7 Å². The van der Waals surface area contributed by atoms with Crippen LogP contribution >= 0.6 is 0 Å². The maximum atomic E-state index is 14.0. The predicted octanol–water partition coefficient (Wildman–Crippen LogP) is 2.98. The molecular formula is C32H54N4O7. The maximum Gasteiger partial charge on any atom is 0.324 e. The third kappa shape index (κ3) is 8.58. The molecule has 0 aromatic carbocycles. The molecule has 1 N–H and O–H groups in total. The Morgan fingerprint density at radius 2 is 1.70 bits per heavy atom. The molecule has 11 heteroatoms. The molecular weight excluding hydrogens is 552 g/mol. The van der Waals surface area contributed by atoms with Gasteiger partial charge in [0.05, 0.1) is 13.2 Å². The Bertz CT molecular complexity index is 1050. The van der Waals surface area contributed by atoms with Crippen LogP contribution in [0.15, 0.2) is 11.8 Å². The second kappa shape index (κ2) is 15.7. The van der Waals surface area contributed by atoms with E-state index in [1.807, 2.05) is 55.4 Å². The zero-order chi connectivity index (χ0) is 32.8. The summed E-state index contributed by atoms with van der Waals surface area (Å²) in [5.74, 6) is -2.32. The zero-order valence-electron chi connectivity index (χ0n) is 28.0. The molecule has 2 aliphatic rings. The van der Waals surface area contributed by atoms with Crippen molar-refractivity contribution < 1.29 is 33.4 Å². The molecule has 2 rings (SSSR count). The normalized spacial score (nSPS) is 21.7. The van der Waals surface area contributed by atoms with Crippen LogP contribution in [0.4, 0.5) is 0 Å². The lowest BCUT2D eigenvalue weighted by atomic mass is 9.97. The highest BCUT2D eigenvalue weighted by atomic mass is 16.6. The fourth-order valence-electron chi connectivity index (χ4n) is 5.78. The number of carbonyl (C=O) groups is 5. The van der Waals surface area contributed by atoms with Crippen molar-refractivity contribution in [1.82, 2.24) is 20.0 Å². The molecule has 0 aromatic heterocycles. The smallest absolute Gasteiger partial charge is 0.324 e. The number of nitrogens with one attached hydrogen (secondary N) is 1. The van der Waals surface area contributed by atoms with E-state index in [0.717, 1.165) is 0 Å². The predicted molar refractivity (Wildman–Crippen MR) is 163 cm³/mol. The van der Waals surface area contributed by atoms with Crippen LogP contribution in [-0.4, -0.2) is 102 Å². The van der Waals surface area contributed by atoms with Gasteiger partial charge in [-0.25, -0.2) is 0 Å². The third-order valence-electron chi connectivity index (χ3n) is 8.48. The first-order chi connectivity index (χ1) is 20.1. The minimum Gasteiger partial charge on any atom is -0.499 e. The number of likely N-dealkylation sites (tertiary alicyclic amines) is 1. The molecule has 2 aliphatic heterocycles. The molecule has 1 saturated heterocycles. The summed E-state index contributed by atoms with van der Waals surface area (Å²) in [4.78, 5) is 72.0.